The molecular formula is C11H17N4O6PS. The van der Waals surface area contributed by atoms with Crippen molar-refractivity contribution in [2.45, 2.75) is 0 Å². The highest BCUT2D eigenvalue weighted by Gasteiger charge is 2.05. The predicted molar refractivity (Wildman–Crippen MR) is 87.4 cm³/mol. The van der Waals surface area contributed by atoms with Crippen molar-refractivity contribution < 1.29 is 28.9 Å². The third-order valence-electron chi connectivity index (χ3n) is 1.82. The normalized spacial score (nSPS) is 11.8. The molecule has 0 atom stereocenters. The monoisotopic (exact) mass is 364 g/mol. The SMILES string of the molecule is C1=NCCN1.NC(=S)NOC(=O)c1ccccc1.O=P(O)(O)O. The summed E-state index contributed by atoms with van der Waals surface area (Å²) >= 11 is 4.45. The minimum Gasteiger partial charge on any atom is -0.375 e. The molecule has 12 heteroatoms. The molecule has 10 nitrogen and oxygen atoms in total. The summed E-state index contributed by atoms with van der Waals surface area (Å²) in [4.78, 5) is 41.1. The molecule has 7 N–H and O–H groups in total. The molecule has 0 radical (unpaired) electrons. The molecule has 0 spiro atoms. The van der Waals surface area contributed by atoms with Gasteiger partial charge >= 0.3 is 13.8 Å². The first-order chi connectivity index (χ1) is 10.7. The van der Waals surface area contributed by atoms with Crippen LogP contribution in [-0.2, 0) is 9.40 Å². The number of nitrogens with one attached hydrogen (secondary N) is 2. The zero-order valence-electron chi connectivity index (χ0n) is 11.8. The second-order valence-electron chi connectivity index (χ2n) is 3.72. The molecule has 128 valence electrons. The van der Waals surface area contributed by atoms with Gasteiger partial charge in [0, 0.05) is 6.54 Å². The van der Waals surface area contributed by atoms with Crippen molar-refractivity contribution in [3.05, 3.63) is 35.9 Å². The van der Waals surface area contributed by atoms with E-state index in [1.807, 2.05) is 0 Å². The van der Waals surface area contributed by atoms with Crippen LogP contribution in [0.15, 0.2) is 35.3 Å². The molecule has 23 heavy (non-hydrogen) atoms. The van der Waals surface area contributed by atoms with Gasteiger partial charge in [0.05, 0.1) is 18.4 Å². The van der Waals surface area contributed by atoms with Crippen molar-refractivity contribution in [2.24, 2.45) is 10.7 Å². The van der Waals surface area contributed by atoms with Crippen LogP contribution >= 0.6 is 20.0 Å². The second-order valence-corrected chi connectivity index (χ2v) is 5.19. The number of aliphatic imine (C=N–C) groups is 1. The molecule has 1 aromatic rings. The molecule has 0 saturated heterocycles. The number of phosphoric acid groups is 1. The third kappa shape index (κ3) is 16.2. The summed E-state index contributed by atoms with van der Waals surface area (Å²) in [6.45, 7) is 1.99. The minimum atomic E-state index is -4.64. The number of hydrogen-bond acceptors (Lipinski definition) is 6. The molecule has 2 rings (SSSR count). The van der Waals surface area contributed by atoms with E-state index in [0.717, 1.165) is 13.1 Å². The Kier molecular flexibility index (Phi) is 10.5. The minimum absolute atomic E-state index is 0.0794. The summed E-state index contributed by atoms with van der Waals surface area (Å²) in [6, 6.07) is 8.53. The van der Waals surface area contributed by atoms with Crippen LogP contribution in [-0.4, -0.2) is 45.2 Å². The molecule has 0 aliphatic carbocycles. The van der Waals surface area contributed by atoms with Gasteiger partial charge in [-0.3, -0.25) is 4.99 Å². The quantitative estimate of drug-likeness (QED) is 0.213. The summed E-state index contributed by atoms with van der Waals surface area (Å²) < 4.78 is 8.88. The van der Waals surface area contributed by atoms with Crippen molar-refractivity contribution >= 4 is 37.5 Å². The Morgan fingerprint density at radius 1 is 1.35 bits per heavy atom. The number of carbonyl (C=O) groups is 1. The second kappa shape index (κ2) is 11.5. The van der Waals surface area contributed by atoms with Gasteiger partial charge < -0.3 is 30.6 Å². The van der Waals surface area contributed by atoms with Crippen molar-refractivity contribution in [1.29, 1.82) is 0 Å². The van der Waals surface area contributed by atoms with Gasteiger partial charge in [-0.05, 0) is 24.4 Å². The third-order valence-corrected chi connectivity index (χ3v) is 1.90. The van der Waals surface area contributed by atoms with E-state index >= 15 is 0 Å². The summed E-state index contributed by atoms with van der Waals surface area (Å²) in [5.41, 5.74) is 7.60. The van der Waals surface area contributed by atoms with E-state index in [0.29, 0.717) is 5.56 Å². The molecule has 0 aromatic heterocycles. The zero-order valence-corrected chi connectivity index (χ0v) is 13.5. The fourth-order valence-electron chi connectivity index (χ4n) is 1.05. The van der Waals surface area contributed by atoms with Gasteiger partial charge in [-0.2, -0.15) is 5.48 Å². The van der Waals surface area contributed by atoms with Gasteiger partial charge in [0.2, 0.25) is 0 Å². The van der Waals surface area contributed by atoms with E-state index in [4.69, 9.17) is 25.0 Å². The summed E-state index contributed by atoms with van der Waals surface area (Å²) in [5, 5.41) is 2.85. The van der Waals surface area contributed by atoms with Crippen LogP contribution in [0, 0.1) is 0 Å². The van der Waals surface area contributed by atoms with Crippen molar-refractivity contribution in [3.8, 4) is 0 Å². The van der Waals surface area contributed by atoms with Gasteiger partial charge in [-0.15, -0.1) is 0 Å². The van der Waals surface area contributed by atoms with E-state index in [9.17, 15) is 4.79 Å². The maximum atomic E-state index is 11.1. The largest absolute Gasteiger partial charge is 0.466 e. The van der Waals surface area contributed by atoms with Crippen LogP contribution in [0.1, 0.15) is 10.4 Å². The van der Waals surface area contributed by atoms with E-state index in [1.165, 1.54) is 0 Å². The summed E-state index contributed by atoms with van der Waals surface area (Å²) in [7, 11) is -4.64. The Hall–Kier alpha value is -2.04. The topological polar surface area (TPSA) is 166 Å². The van der Waals surface area contributed by atoms with E-state index in [2.05, 4.69) is 32.8 Å². The number of nitrogens with zero attached hydrogens (tertiary/aromatic N) is 1. The Bertz CT molecular complexity index is 551. The maximum Gasteiger partial charge on any atom is 0.466 e. The van der Waals surface area contributed by atoms with Crippen LogP contribution in [0.25, 0.3) is 0 Å². The highest BCUT2D eigenvalue weighted by atomic mass is 32.1. The molecule has 0 fully saturated rings. The Morgan fingerprint density at radius 3 is 2.26 bits per heavy atom. The Balaban J connectivity index is 0.000000396. The molecule has 0 unspecified atom stereocenters. The van der Waals surface area contributed by atoms with Gasteiger partial charge in [-0.1, -0.05) is 18.2 Å². The van der Waals surface area contributed by atoms with E-state index in [1.54, 1.807) is 36.7 Å². The summed E-state index contributed by atoms with van der Waals surface area (Å²) in [5.74, 6) is -0.520. The number of hydrogen-bond donors (Lipinski definition) is 6. The molecule has 0 saturated carbocycles. The lowest BCUT2D eigenvalue weighted by atomic mass is 10.2. The van der Waals surface area contributed by atoms with E-state index in [-0.39, 0.29) is 5.11 Å². The Labute approximate surface area is 137 Å². The highest BCUT2D eigenvalue weighted by molar-refractivity contribution is 7.80. The highest BCUT2D eigenvalue weighted by Crippen LogP contribution is 2.25. The summed E-state index contributed by atoms with van der Waals surface area (Å²) in [6.07, 6.45) is 1.74. The molecular weight excluding hydrogens is 347 g/mol. The van der Waals surface area contributed by atoms with Gasteiger partial charge in [0.25, 0.3) is 0 Å². The molecule has 1 aliphatic heterocycles. The van der Waals surface area contributed by atoms with Crippen molar-refractivity contribution in [3.63, 3.8) is 0 Å². The molecule has 0 bridgehead atoms. The number of rotatable bonds is 1. The van der Waals surface area contributed by atoms with Gasteiger partial charge in [-0.25, -0.2) is 9.36 Å². The number of hydroxylamine groups is 1. The van der Waals surface area contributed by atoms with Crippen LogP contribution in [0.3, 0.4) is 0 Å². The fraction of sp³-hybridized carbons (Fsp3) is 0.182. The predicted octanol–water partition coefficient (Wildman–Crippen LogP) is -0.719. The number of nitrogens with two attached hydrogens (primary N) is 1. The smallest absolute Gasteiger partial charge is 0.375 e. The van der Waals surface area contributed by atoms with Crippen molar-refractivity contribution in [2.75, 3.05) is 13.1 Å². The lowest BCUT2D eigenvalue weighted by Crippen LogP contribution is -2.31. The van der Waals surface area contributed by atoms with Crippen LogP contribution < -0.4 is 16.5 Å². The van der Waals surface area contributed by atoms with Gasteiger partial charge in [0.1, 0.15) is 0 Å². The molecule has 1 heterocycles. The average molecular weight is 364 g/mol. The molecule has 1 aromatic carbocycles. The van der Waals surface area contributed by atoms with Crippen molar-refractivity contribution in [1.82, 2.24) is 10.8 Å². The van der Waals surface area contributed by atoms with E-state index < -0.39 is 13.8 Å². The number of thiocarbonyl (C=S) groups is 1. The zero-order chi connectivity index (χ0) is 17.7. The lowest BCUT2D eigenvalue weighted by molar-refractivity contribution is 0.0388. The van der Waals surface area contributed by atoms with Gasteiger partial charge in [0.15, 0.2) is 5.11 Å². The first-order valence-corrected chi connectivity index (χ1v) is 7.99. The standard InChI is InChI=1S/C8H8N2O2S.C3H6N2.H3O4P/c9-8(13)10-12-7(11)6-4-2-1-3-5-6;1-2-5-3-4-1;1-5(2,3)4/h1-5H,(H3,9,10,13);3H,1-2H2,(H,4,5);(H3,1,2,3,4). The van der Waals surface area contributed by atoms with Crippen LogP contribution in [0.2, 0.25) is 0 Å². The van der Waals surface area contributed by atoms with Crippen LogP contribution in [0.4, 0.5) is 0 Å². The fourth-order valence-corrected chi connectivity index (χ4v) is 1.09. The Morgan fingerprint density at radius 2 is 1.91 bits per heavy atom. The first kappa shape index (κ1) is 21.0. The average Bonchev–Trinajstić information content (AvgIpc) is 3.03. The number of carbonyl (C=O) groups excluding carboxylic acids is 1. The maximum absolute atomic E-state index is 11.1. The molecule has 0 amide bonds. The molecule has 1 aliphatic rings. The van der Waals surface area contributed by atoms with Crippen LogP contribution in [0.5, 0.6) is 0 Å². The number of benzene rings is 1. The first-order valence-electron chi connectivity index (χ1n) is 6.02. The lowest BCUT2D eigenvalue weighted by Gasteiger charge is -2.03.